The van der Waals surface area contributed by atoms with Crippen LogP contribution < -0.4 is 10.1 Å². The number of hydrogen-bond donors (Lipinski definition) is 1. The van der Waals surface area contributed by atoms with Crippen molar-refractivity contribution in [1.82, 2.24) is 4.98 Å². The summed E-state index contributed by atoms with van der Waals surface area (Å²) in [6.07, 6.45) is 2.12. The van der Waals surface area contributed by atoms with Crippen LogP contribution in [0.25, 0.3) is 0 Å². The fourth-order valence-corrected chi connectivity index (χ4v) is 3.40. The molecule has 0 saturated carbocycles. The lowest BCUT2D eigenvalue weighted by Gasteiger charge is -2.20. The number of nitrogens with zero attached hydrogens (tertiary/aromatic N) is 1. The number of rotatable bonds is 7. The molecule has 138 valence electrons. The van der Waals surface area contributed by atoms with Gasteiger partial charge in [0.1, 0.15) is 11.6 Å². The van der Waals surface area contributed by atoms with Gasteiger partial charge in [0.2, 0.25) is 0 Å². The van der Waals surface area contributed by atoms with Crippen LogP contribution >= 0.6 is 15.9 Å². The highest BCUT2D eigenvalue weighted by molar-refractivity contribution is 9.10. The molecule has 1 N–H and O–H groups in total. The number of nitrogens with one attached hydrogen (secondary N) is 1. The molecule has 1 atom stereocenters. The molecule has 5 heteroatoms. The molecule has 0 aliphatic carbocycles. The Morgan fingerprint density at radius 3 is 2.48 bits per heavy atom. The molecule has 0 radical (unpaired) electrons. The first-order chi connectivity index (χ1) is 13.1. The van der Waals surface area contributed by atoms with Crippen molar-refractivity contribution in [1.29, 1.82) is 0 Å². The fourth-order valence-electron chi connectivity index (χ4n) is 2.82. The summed E-state index contributed by atoms with van der Waals surface area (Å²) in [5.74, 6) is 1.51. The van der Waals surface area contributed by atoms with Crippen molar-refractivity contribution in [2.45, 2.75) is 19.4 Å². The van der Waals surface area contributed by atoms with Gasteiger partial charge in [-0.1, -0.05) is 30.3 Å². The van der Waals surface area contributed by atoms with Crippen LogP contribution in [-0.2, 0) is 0 Å². The maximum absolute atomic E-state index is 12.8. The lowest BCUT2D eigenvalue weighted by atomic mass is 9.98. The first kappa shape index (κ1) is 19.1. The predicted octanol–water partition coefficient (Wildman–Crippen LogP) is 5.59. The van der Waals surface area contributed by atoms with Crippen molar-refractivity contribution >= 4 is 27.5 Å². The topological polar surface area (TPSA) is 51.2 Å². The number of pyridine rings is 1. The molecule has 0 aliphatic heterocycles. The van der Waals surface area contributed by atoms with Gasteiger partial charge < -0.3 is 10.1 Å². The molecule has 2 aromatic carbocycles. The van der Waals surface area contributed by atoms with E-state index in [0.29, 0.717) is 12.0 Å². The number of Topliss-reactive ketones (excluding diaryl/α,β-unsaturated/α-hetero) is 1. The molecular weight excluding hydrogens is 404 g/mol. The SMILES string of the molecule is COc1ccc(C(=O)CC(Nc2ncc(C)cc2Br)c2ccccc2)cc1. The molecule has 4 nitrogen and oxygen atoms in total. The molecule has 0 saturated heterocycles. The van der Waals surface area contributed by atoms with E-state index in [2.05, 4.69) is 26.2 Å². The van der Waals surface area contributed by atoms with Crippen LogP contribution in [-0.4, -0.2) is 17.9 Å². The third kappa shape index (κ3) is 4.95. The standard InChI is InChI=1S/C22H21BrN2O2/c1-15-12-19(23)22(24-14-15)25-20(16-6-4-3-5-7-16)13-21(26)17-8-10-18(27-2)11-9-17/h3-12,14,20H,13H2,1-2H3,(H,24,25). The zero-order valence-electron chi connectivity index (χ0n) is 15.3. The average Bonchev–Trinajstić information content (AvgIpc) is 2.70. The fraction of sp³-hybridized carbons (Fsp3) is 0.182. The van der Waals surface area contributed by atoms with Crippen molar-refractivity contribution < 1.29 is 9.53 Å². The van der Waals surface area contributed by atoms with E-state index in [1.165, 1.54) is 0 Å². The number of ether oxygens (including phenoxy) is 1. The van der Waals surface area contributed by atoms with Crippen LogP contribution in [0.4, 0.5) is 5.82 Å². The van der Waals surface area contributed by atoms with E-state index in [9.17, 15) is 4.79 Å². The molecule has 1 aromatic heterocycles. The largest absolute Gasteiger partial charge is 0.497 e. The van der Waals surface area contributed by atoms with E-state index < -0.39 is 0 Å². The second-order valence-corrected chi connectivity index (χ2v) is 7.16. The summed E-state index contributed by atoms with van der Waals surface area (Å²) in [7, 11) is 1.61. The molecule has 0 amide bonds. The summed E-state index contributed by atoms with van der Waals surface area (Å²) in [6.45, 7) is 1.99. The van der Waals surface area contributed by atoms with Gasteiger partial charge in [0.25, 0.3) is 0 Å². The number of halogens is 1. The molecule has 0 spiro atoms. The number of aromatic nitrogens is 1. The van der Waals surface area contributed by atoms with Crippen molar-refractivity contribution in [2.75, 3.05) is 12.4 Å². The highest BCUT2D eigenvalue weighted by Crippen LogP contribution is 2.28. The molecule has 0 aliphatic rings. The van der Waals surface area contributed by atoms with Gasteiger partial charge in [-0.3, -0.25) is 4.79 Å². The number of carbonyl (C=O) groups excluding carboxylic acids is 1. The van der Waals surface area contributed by atoms with E-state index in [0.717, 1.165) is 27.2 Å². The van der Waals surface area contributed by atoms with E-state index in [1.807, 2.05) is 43.3 Å². The van der Waals surface area contributed by atoms with Gasteiger partial charge >= 0.3 is 0 Å². The van der Waals surface area contributed by atoms with E-state index in [1.54, 1.807) is 37.6 Å². The quantitative estimate of drug-likeness (QED) is 0.502. The van der Waals surface area contributed by atoms with Crippen LogP contribution in [0, 0.1) is 6.92 Å². The van der Waals surface area contributed by atoms with Crippen LogP contribution in [0.5, 0.6) is 5.75 Å². The third-order valence-corrected chi connectivity index (χ3v) is 4.90. The number of methoxy groups -OCH3 is 1. The maximum Gasteiger partial charge on any atom is 0.165 e. The second kappa shape index (κ2) is 8.82. The zero-order valence-corrected chi connectivity index (χ0v) is 16.9. The summed E-state index contributed by atoms with van der Waals surface area (Å²) in [5.41, 5.74) is 2.76. The monoisotopic (exact) mass is 424 g/mol. The molecule has 3 rings (SSSR count). The van der Waals surface area contributed by atoms with Crippen LogP contribution in [0.15, 0.2) is 71.3 Å². The normalized spacial score (nSPS) is 11.7. The molecule has 0 fully saturated rings. The Hall–Kier alpha value is -2.66. The van der Waals surface area contributed by atoms with Gasteiger partial charge in [-0.15, -0.1) is 0 Å². The lowest BCUT2D eigenvalue weighted by molar-refractivity contribution is 0.0976. The third-order valence-electron chi connectivity index (χ3n) is 4.29. The summed E-state index contributed by atoms with van der Waals surface area (Å²) >= 11 is 3.55. The Morgan fingerprint density at radius 1 is 1.15 bits per heavy atom. The molecule has 1 unspecified atom stereocenters. The molecule has 0 bridgehead atoms. The smallest absolute Gasteiger partial charge is 0.165 e. The zero-order chi connectivity index (χ0) is 19.2. The molecular formula is C22H21BrN2O2. The van der Waals surface area contributed by atoms with Gasteiger partial charge in [-0.2, -0.15) is 0 Å². The minimum absolute atomic E-state index is 0.0576. The average molecular weight is 425 g/mol. The molecule has 27 heavy (non-hydrogen) atoms. The predicted molar refractivity (Wildman–Crippen MR) is 111 cm³/mol. The first-order valence-electron chi connectivity index (χ1n) is 8.67. The first-order valence-corrected chi connectivity index (χ1v) is 9.47. The Labute approximate surface area is 167 Å². The minimum Gasteiger partial charge on any atom is -0.497 e. The summed E-state index contributed by atoms with van der Waals surface area (Å²) in [5, 5.41) is 3.41. The van der Waals surface area contributed by atoms with Crippen molar-refractivity contribution in [3.63, 3.8) is 0 Å². The summed E-state index contributed by atoms with van der Waals surface area (Å²) in [6, 6.07) is 18.9. The maximum atomic E-state index is 12.8. The Kier molecular flexibility index (Phi) is 6.24. The second-order valence-electron chi connectivity index (χ2n) is 6.31. The van der Waals surface area contributed by atoms with E-state index in [4.69, 9.17) is 4.74 Å². The van der Waals surface area contributed by atoms with E-state index in [-0.39, 0.29) is 11.8 Å². The van der Waals surface area contributed by atoms with Gasteiger partial charge in [0.05, 0.1) is 17.6 Å². The highest BCUT2D eigenvalue weighted by Gasteiger charge is 2.19. The van der Waals surface area contributed by atoms with Crippen molar-refractivity contribution in [3.8, 4) is 5.75 Å². The number of aryl methyl sites for hydroxylation is 1. The lowest BCUT2D eigenvalue weighted by Crippen LogP contribution is -2.17. The highest BCUT2D eigenvalue weighted by atomic mass is 79.9. The van der Waals surface area contributed by atoms with Gasteiger partial charge in [-0.05, 0) is 64.3 Å². The summed E-state index contributed by atoms with van der Waals surface area (Å²) < 4.78 is 6.04. The Bertz CT molecular complexity index is 911. The number of hydrogen-bond acceptors (Lipinski definition) is 4. The van der Waals surface area contributed by atoms with Crippen LogP contribution in [0.3, 0.4) is 0 Å². The number of anilines is 1. The van der Waals surface area contributed by atoms with Crippen molar-refractivity contribution in [3.05, 3.63) is 88.0 Å². The van der Waals surface area contributed by atoms with Crippen LogP contribution in [0.2, 0.25) is 0 Å². The van der Waals surface area contributed by atoms with E-state index >= 15 is 0 Å². The van der Waals surface area contributed by atoms with Gasteiger partial charge in [0.15, 0.2) is 5.78 Å². The summed E-state index contributed by atoms with van der Waals surface area (Å²) in [4.78, 5) is 17.3. The van der Waals surface area contributed by atoms with Crippen molar-refractivity contribution in [2.24, 2.45) is 0 Å². The van der Waals surface area contributed by atoms with Gasteiger partial charge in [-0.25, -0.2) is 4.98 Å². The molecule has 3 aromatic rings. The van der Waals surface area contributed by atoms with Crippen LogP contribution in [0.1, 0.15) is 33.9 Å². The Morgan fingerprint density at radius 2 is 1.85 bits per heavy atom. The Balaban J connectivity index is 1.84. The molecule has 1 heterocycles. The number of ketones is 1. The number of carbonyl (C=O) groups is 1. The minimum atomic E-state index is -0.188. The van der Waals surface area contributed by atoms with Gasteiger partial charge in [0, 0.05) is 18.2 Å². The number of benzene rings is 2.